The van der Waals surface area contributed by atoms with Gasteiger partial charge in [-0.2, -0.15) is 0 Å². The molecule has 4 amide bonds. The summed E-state index contributed by atoms with van der Waals surface area (Å²) in [5.74, 6) is -0.873. The lowest BCUT2D eigenvalue weighted by Gasteiger charge is -2.32. The summed E-state index contributed by atoms with van der Waals surface area (Å²) in [5, 5.41) is 2.91. The van der Waals surface area contributed by atoms with Gasteiger partial charge in [0.1, 0.15) is 24.1 Å². The van der Waals surface area contributed by atoms with Crippen molar-refractivity contribution in [2.45, 2.75) is 94.2 Å². The topological polar surface area (TPSA) is 144 Å². The van der Waals surface area contributed by atoms with Crippen LogP contribution in [-0.4, -0.2) is 92.1 Å². The van der Waals surface area contributed by atoms with Crippen molar-refractivity contribution >= 4 is 27.9 Å². The third kappa shape index (κ3) is 7.47. The Morgan fingerprint density at radius 3 is 2.60 bits per heavy atom. The first-order valence-electron chi connectivity index (χ1n) is 16.0. The maximum absolute atomic E-state index is 14.2. The number of allylic oxidation sites excluding steroid dienone is 1. The number of hydrogen-bond donors (Lipinski definition) is 2. The lowest BCUT2D eigenvalue weighted by molar-refractivity contribution is -0.131. The second-order valence-corrected chi connectivity index (χ2v) is 15.0. The van der Waals surface area contributed by atoms with Crippen LogP contribution in [0.5, 0.6) is 5.75 Å². The van der Waals surface area contributed by atoms with E-state index in [2.05, 4.69) is 10.0 Å². The van der Waals surface area contributed by atoms with Gasteiger partial charge in [-0.05, 0) is 70.1 Å². The summed E-state index contributed by atoms with van der Waals surface area (Å²) in [6, 6.07) is 6.32. The molecule has 3 fully saturated rings. The van der Waals surface area contributed by atoms with Crippen LogP contribution in [0.1, 0.15) is 72.2 Å². The summed E-state index contributed by atoms with van der Waals surface area (Å²) >= 11 is 0. The van der Waals surface area contributed by atoms with Crippen LogP contribution in [0.15, 0.2) is 36.4 Å². The molecule has 4 aliphatic rings. The third-order valence-corrected chi connectivity index (χ3v) is 11.6. The van der Waals surface area contributed by atoms with E-state index in [4.69, 9.17) is 14.2 Å². The fourth-order valence-electron chi connectivity index (χ4n) is 6.05. The molecule has 0 radical (unpaired) electrons. The van der Waals surface area contributed by atoms with Gasteiger partial charge in [0, 0.05) is 40.0 Å². The molecule has 250 valence electrons. The highest BCUT2D eigenvalue weighted by atomic mass is 32.2. The Hall–Kier alpha value is -3.16. The van der Waals surface area contributed by atoms with Gasteiger partial charge in [-0.15, -0.1) is 0 Å². The van der Waals surface area contributed by atoms with Crippen LogP contribution in [0.4, 0.5) is 4.79 Å². The maximum Gasteiger partial charge on any atom is 0.321 e. The summed E-state index contributed by atoms with van der Waals surface area (Å²) in [6.45, 7) is 5.00. The first-order chi connectivity index (χ1) is 21.5. The van der Waals surface area contributed by atoms with Gasteiger partial charge < -0.3 is 29.3 Å². The molecule has 2 saturated carbocycles. The number of sulfonamides is 1. The number of nitrogens with one attached hydrogen (secondary N) is 2. The molecule has 2 N–H and O–H groups in total. The van der Waals surface area contributed by atoms with E-state index in [0.717, 1.165) is 37.0 Å². The molecule has 45 heavy (non-hydrogen) atoms. The lowest BCUT2D eigenvalue weighted by atomic mass is 10.1. The quantitative estimate of drug-likeness (QED) is 0.224. The van der Waals surface area contributed by atoms with E-state index in [1.807, 2.05) is 43.3 Å². The van der Waals surface area contributed by atoms with E-state index >= 15 is 0 Å². The SMILES string of the molecule is CCOCO[C@@H]1C[C@H]2C(=O)N[C@]3(C(=O)NS(=O)(=O)C4(C)CC4)C[C@H]3/C=C\CCCCCN(Cc3ccc(OC)cc3)C(=O)N2C1.[HH]. The first-order valence-corrected chi connectivity index (χ1v) is 17.4. The summed E-state index contributed by atoms with van der Waals surface area (Å²) in [4.78, 5) is 45.1. The number of amides is 4. The van der Waals surface area contributed by atoms with Gasteiger partial charge in [0.2, 0.25) is 15.9 Å². The molecule has 0 aromatic heterocycles. The molecule has 1 aromatic rings. The van der Waals surface area contributed by atoms with Crippen molar-refractivity contribution in [2.24, 2.45) is 5.92 Å². The van der Waals surface area contributed by atoms with Crippen molar-refractivity contribution in [2.75, 3.05) is 33.6 Å². The molecule has 4 atom stereocenters. The monoisotopic (exact) mass is 648 g/mol. The summed E-state index contributed by atoms with van der Waals surface area (Å²) in [6.07, 6.45) is 8.27. The van der Waals surface area contributed by atoms with Crippen LogP contribution in [-0.2, 0) is 35.6 Å². The second kappa shape index (κ2) is 13.7. The zero-order chi connectivity index (χ0) is 32.2. The number of hydrogen-bond acceptors (Lipinski definition) is 8. The highest BCUT2D eigenvalue weighted by Crippen LogP contribution is 2.47. The fraction of sp³-hybridized carbons (Fsp3) is 0.656. The van der Waals surface area contributed by atoms with Crippen LogP contribution in [0.2, 0.25) is 0 Å². The van der Waals surface area contributed by atoms with Crippen molar-refractivity contribution in [3.63, 3.8) is 0 Å². The first kappa shape index (κ1) is 33.2. The minimum Gasteiger partial charge on any atom is -0.497 e. The van der Waals surface area contributed by atoms with E-state index in [1.165, 1.54) is 4.90 Å². The van der Waals surface area contributed by atoms with Crippen molar-refractivity contribution < 1.29 is 38.4 Å². The summed E-state index contributed by atoms with van der Waals surface area (Å²) < 4.78 is 43.8. The highest BCUT2D eigenvalue weighted by molar-refractivity contribution is 7.91. The van der Waals surface area contributed by atoms with Crippen molar-refractivity contribution in [1.82, 2.24) is 19.8 Å². The van der Waals surface area contributed by atoms with Gasteiger partial charge in [0.15, 0.2) is 0 Å². The second-order valence-electron chi connectivity index (χ2n) is 12.8. The molecule has 5 rings (SSSR count). The number of ether oxygens (including phenoxy) is 3. The number of methoxy groups -OCH3 is 1. The molecule has 2 heterocycles. The number of carbonyl (C=O) groups is 3. The Bertz CT molecular complexity index is 1390. The summed E-state index contributed by atoms with van der Waals surface area (Å²) in [7, 11) is -2.31. The van der Waals surface area contributed by atoms with E-state index in [0.29, 0.717) is 32.5 Å². The third-order valence-electron chi connectivity index (χ3n) is 9.47. The van der Waals surface area contributed by atoms with Gasteiger partial charge in [-0.3, -0.25) is 14.3 Å². The zero-order valence-corrected chi connectivity index (χ0v) is 27.3. The molecule has 0 spiro atoms. The van der Waals surface area contributed by atoms with Crippen LogP contribution < -0.4 is 14.8 Å². The lowest BCUT2D eigenvalue weighted by Crippen LogP contribution is -2.58. The Kier molecular flexibility index (Phi) is 10.1. The van der Waals surface area contributed by atoms with Gasteiger partial charge in [0.25, 0.3) is 5.91 Å². The molecular formula is C32H48N4O8S. The standard InChI is InChI=1S/C32H46N4O8S.H2/c1-4-43-22-44-26-18-27-28(37)33-32(29(38)34-45(40,41)31(2)15-16-31)19-24(32)10-8-6-5-7-9-17-35(30(39)36(27)21-26)20-23-11-13-25(42-3)14-12-23;/h8,10-14,24,26-27H,4-7,9,15-22H2,1-3H3,(H,33,37)(H,34,38);1H/b10-8-;/t24-,26-,27+,32-;/m1./s1. The molecule has 2 aliphatic carbocycles. The Balaban J connectivity index is 0.00000480. The largest absolute Gasteiger partial charge is 0.497 e. The molecule has 0 unspecified atom stereocenters. The summed E-state index contributed by atoms with van der Waals surface area (Å²) in [5.41, 5.74) is -0.482. The number of nitrogens with zero attached hydrogens (tertiary/aromatic N) is 2. The van der Waals surface area contributed by atoms with Crippen molar-refractivity contribution in [3.05, 3.63) is 42.0 Å². The molecule has 1 saturated heterocycles. The smallest absolute Gasteiger partial charge is 0.321 e. The maximum atomic E-state index is 14.2. The van der Waals surface area contributed by atoms with E-state index in [1.54, 1.807) is 18.9 Å². The minimum absolute atomic E-state index is 0. The van der Waals surface area contributed by atoms with Gasteiger partial charge in [-0.1, -0.05) is 30.7 Å². The van der Waals surface area contributed by atoms with Crippen molar-refractivity contribution in [3.8, 4) is 5.75 Å². The molecule has 0 bridgehead atoms. The number of carbonyl (C=O) groups excluding carboxylic acids is 3. The number of urea groups is 1. The van der Waals surface area contributed by atoms with E-state index < -0.39 is 44.3 Å². The van der Waals surface area contributed by atoms with E-state index in [9.17, 15) is 22.8 Å². The minimum atomic E-state index is -3.91. The van der Waals surface area contributed by atoms with Crippen LogP contribution in [0, 0.1) is 5.92 Å². The molecule has 13 heteroatoms. The Morgan fingerprint density at radius 2 is 1.91 bits per heavy atom. The highest BCUT2D eigenvalue weighted by Gasteiger charge is 2.63. The average molecular weight is 649 g/mol. The number of fused-ring (bicyclic) bond motifs is 2. The van der Waals surface area contributed by atoms with Crippen molar-refractivity contribution in [1.29, 1.82) is 0 Å². The average Bonchev–Trinajstić information content (AvgIpc) is 3.89. The zero-order valence-electron chi connectivity index (χ0n) is 26.5. The molecule has 2 aliphatic heterocycles. The molecule has 1 aromatic carbocycles. The van der Waals surface area contributed by atoms with Crippen LogP contribution >= 0.6 is 0 Å². The fourth-order valence-corrected chi connectivity index (χ4v) is 7.36. The number of benzene rings is 1. The Morgan fingerprint density at radius 1 is 1.16 bits per heavy atom. The number of rotatable bonds is 10. The van der Waals surface area contributed by atoms with Crippen LogP contribution in [0.3, 0.4) is 0 Å². The molecular weight excluding hydrogens is 600 g/mol. The van der Waals surface area contributed by atoms with Gasteiger partial charge in [-0.25, -0.2) is 13.2 Å². The predicted molar refractivity (Wildman–Crippen MR) is 169 cm³/mol. The normalized spacial score (nSPS) is 29.0. The Labute approximate surface area is 267 Å². The molecule has 12 nitrogen and oxygen atoms in total. The van der Waals surface area contributed by atoms with Crippen LogP contribution in [0.25, 0.3) is 0 Å². The van der Waals surface area contributed by atoms with Gasteiger partial charge in [0.05, 0.1) is 18.0 Å². The predicted octanol–water partition coefficient (Wildman–Crippen LogP) is 3.32. The van der Waals surface area contributed by atoms with E-state index in [-0.39, 0.29) is 39.6 Å². The van der Waals surface area contributed by atoms with Gasteiger partial charge >= 0.3 is 6.03 Å².